The smallest absolute Gasteiger partial charge is 0.237 e. The summed E-state index contributed by atoms with van der Waals surface area (Å²) in [7, 11) is 3.95. The lowest BCUT2D eigenvalue weighted by molar-refractivity contribution is -0.126. The van der Waals surface area contributed by atoms with E-state index in [1.807, 2.05) is 44.9 Å². The van der Waals surface area contributed by atoms with Crippen LogP contribution in [0.4, 0.5) is 11.4 Å². The number of benzene rings is 3. The van der Waals surface area contributed by atoms with Crippen LogP contribution in [0, 0.1) is 24.7 Å². The lowest BCUT2D eigenvalue weighted by Gasteiger charge is -2.37. The second-order valence-electron chi connectivity index (χ2n) is 24.3. The van der Waals surface area contributed by atoms with Gasteiger partial charge in [0.05, 0.1) is 74.8 Å². The first-order valence-corrected chi connectivity index (χ1v) is 31.7. The second kappa shape index (κ2) is 27.4. The number of carbonyl (C=O) groups is 3. The highest BCUT2D eigenvalue weighted by molar-refractivity contribution is 7.13. The molecule has 7 aliphatic rings. The number of rotatable bonds is 16. The number of hydrogen-bond acceptors (Lipinski definition) is 12. The average Bonchev–Trinajstić information content (AvgIpc) is 3.72. The van der Waals surface area contributed by atoms with Gasteiger partial charge in [0.2, 0.25) is 5.91 Å². The molecular weight excluding hydrogens is 1040 g/mol. The number of thiazole rings is 1. The van der Waals surface area contributed by atoms with Gasteiger partial charge in [-0.2, -0.15) is 0 Å². The standard InChI is InChI=1S/C43H58ClN5O2.C22H30N4O2S/c1-46-42-43(21-6-3-7-22-43)36-20-19-33(24-41(36)49(42)40-14-8-13-37(44)35(40)28-50)34-12-9-23-48(27-34)26-30-15-17-31(18-16-30)38(45)25-47-39(29-51)32-10-4-2-5-11-32;1-16-21(29-15-23-16)18-7-5-17(6-8-18)19(14-26-10-12-28-13-11-26)24-22(27)20-4-3-9-25(20)2/h8,13-14,19-20,24-25,28-32,34,39,47H,2-7,9-12,15-18,21-23,26-27,45H2,1H3;5-8,15,19-20H,3-4,9-14H2,1-2H3,(H,24,27)/b38-25-,46-42?;. The van der Waals surface area contributed by atoms with E-state index in [9.17, 15) is 14.4 Å². The summed E-state index contributed by atoms with van der Waals surface area (Å²) in [4.78, 5) is 57.2. The van der Waals surface area contributed by atoms with E-state index in [-0.39, 0.29) is 29.4 Å². The minimum absolute atomic E-state index is 0.0127. The molecule has 3 saturated carbocycles. The van der Waals surface area contributed by atoms with Crippen LogP contribution in [0.3, 0.4) is 0 Å². The molecule has 11 rings (SSSR count). The maximum Gasteiger partial charge on any atom is 0.237 e. The van der Waals surface area contributed by atoms with Crippen molar-refractivity contribution in [2.24, 2.45) is 28.5 Å². The quantitative estimate of drug-likeness (QED) is 0.0921. The Hall–Kier alpha value is -4.96. The van der Waals surface area contributed by atoms with E-state index >= 15 is 0 Å². The monoisotopic (exact) mass is 1130 g/mol. The number of hydrogen-bond donors (Lipinski definition) is 3. The van der Waals surface area contributed by atoms with E-state index in [1.165, 1.54) is 91.5 Å². The molecule has 13 nitrogen and oxygen atoms in total. The normalized spacial score (nSPS) is 25.4. The summed E-state index contributed by atoms with van der Waals surface area (Å²) < 4.78 is 5.49. The number of anilines is 2. The summed E-state index contributed by atoms with van der Waals surface area (Å²) in [5.41, 5.74) is 18.0. The number of nitrogens with two attached hydrogens (primary N) is 1. The minimum Gasteiger partial charge on any atom is -0.401 e. The first-order valence-electron chi connectivity index (χ1n) is 30.4. The van der Waals surface area contributed by atoms with Crippen molar-refractivity contribution in [2.75, 3.05) is 78.0 Å². The van der Waals surface area contributed by atoms with Crippen LogP contribution in [0.15, 0.2) is 83.1 Å². The van der Waals surface area contributed by atoms with E-state index in [4.69, 9.17) is 27.1 Å². The zero-order valence-electron chi connectivity index (χ0n) is 47.9. The molecule has 1 amide bonds. The van der Waals surface area contributed by atoms with Gasteiger partial charge in [0.15, 0.2) is 6.29 Å². The van der Waals surface area contributed by atoms with Gasteiger partial charge in [0, 0.05) is 51.7 Å². The Kier molecular flexibility index (Phi) is 20.0. The predicted molar refractivity (Wildman–Crippen MR) is 325 cm³/mol. The molecule has 0 bridgehead atoms. The highest BCUT2D eigenvalue weighted by Crippen LogP contribution is 2.54. The zero-order valence-corrected chi connectivity index (χ0v) is 49.5. The maximum absolute atomic E-state index is 13.0. The molecular formula is C65H88ClN9O4S. The number of amides is 1. The molecule has 3 aliphatic carbocycles. The largest absolute Gasteiger partial charge is 0.401 e. The summed E-state index contributed by atoms with van der Waals surface area (Å²) >= 11 is 8.27. The van der Waals surface area contributed by atoms with Crippen LogP contribution >= 0.6 is 22.9 Å². The SMILES string of the molecule is CN=C1N(c2cccc(Cl)c2C=O)c2cc(C3CCCN(CC4CCC(/C(N)=C/NC(C=O)C5CCCCC5)CC4)C3)ccc2C12CCCCC2.Cc1ncsc1-c1ccc(C(CN2CCOCC2)NC(=O)C2CCCN2C)cc1. The molecule has 0 radical (unpaired) electrons. The number of aryl methyl sites for hydroxylation is 1. The molecule has 1 aromatic heterocycles. The van der Waals surface area contributed by atoms with Crippen LogP contribution in [0.2, 0.25) is 5.02 Å². The first-order chi connectivity index (χ1) is 39.1. The topological polar surface area (TPSA) is 149 Å². The number of piperidine rings is 1. The van der Waals surface area contributed by atoms with Gasteiger partial charge in [-0.3, -0.25) is 29.3 Å². The number of morpholine rings is 1. The molecule has 3 aromatic carbocycles. The van der Waals surface area contributed by atoms with Crippen molar-refractivity contribution in [3.63, 3.8) is 0 Å². The van der Waals surface area contributed by atoms with Crippen LogP contribution < -0.4 is 21.3 Å². The van der Waals surface area contributed by atoms with Crippen LogP contribution in [0.1, 0.15) is 160 Å². The van der Waals surface area contributed by atoms with Gasteiger partial charge < -0.3 is 30.8 Å². The Bertz CT molecular complexity index is 2780. The van der Waals surface area contributed by atoms with Gasteiger partial charge in [-0.15, -0.1) is 11.3 Å². The summed E-state index contributed by atoms with van der Waals surface area (Å²) in [5.74, 6) is 3.20. The third-order valence-electron chi connectivity index (χ3n) is 19.3. The minimum atomic E-state index is -0.124. The van der Waals surface area contributed by atoms with E-state index in [0.717, 1.165) is 151 Å². The molecule has 4 unspecified atom stereocenters. The molecule has 5 heterocycles. The molecule has 4 aromatic rings. The number of likely N-dealkylation sites (tertiary alicyclic amines) is 2. The van der Waals surface area contributed by atoms with Crippen molar-refractivity contribution in [1.29, 1.82) is 0 Å². The number of carbonyl (C=O) groups excluding carboxylic acids is 3. The number of halogens is 1. The van der Waals surface area contributed by atoms with Crippen molar-refractivity contribution in [3.05, 3.63) is 111 Å². The molecule has 4 atom stereocenters. The van der Waals surface area contributed by atoms with E-state index in [2.05, 4.69) is 77.7 Å². The molecule has 1 spiro atoms. The number of aldehydes is 2. The maximum atomic E-state index is 13.0. The van der Waals surface area contributed by atoms with Crippen molar-refractivity contribution in [2.45, 2.75) is 152 Å². The highest BCUT2D eigenvalue weighted by Gasteiger charge is 2.50. The van der Waals surface area contributed by atoms with Crippen molar-refractivity contribution < 1.29 is 19.1 Å². The van der Waals surface area contributed by atoms with Gasteiger partial charge in [0.25, 0.3) is 0 Å². The van der Waals surface area contributed by atoms with E-state index in [1.54, 1.807) is 17.4 Å². The highest BCUT2D eigenvalue weighted by atomic mass is 35.5. The number of aromatic nitrogens is 1. The molecule has 4 N–H and O–H groups in total. The molecule has 80 heavy (non-hydrogen) atoms. The average molecular weight is 1130 g/mol. The number of likely N-dealkylation sites (N-methyl/N-ethyl adjacent to an activating group) is 1. The Labute approximate surface area is 485 Å². The molecule has 6 fully saturated rings. The molecule has 4 aliphatic heterocycles. The number of amidine groups is 1. The Morgan fingerprint density at radius 1 is 0.875 bits per heavy atom. The number of ether oxygens (including phenoxy) is 1. The lowest BCUT2D eigenvalue weighted by atomic mass is 9.69. The van der Waals surface area contributed by atoms with Gasteiger partial charge in [0.1, 0.15) is 12.1 Å². The van der Waals surface area contributed by atoms with Gasteiger partial charge >= 0.3 is 0 Å². The molecule has 430 valence electrons. The van der Waals surface area contributed by atoms with Crippen molar-refractivity contribution in [3.8, 4) is 10.4 Å². The number of nitrogens with zero attached hydrogens (tertiary/aromatic N) is 6. The number of nitrogens with one attached hydrogen (secondary N) is 2. The molecule has 3 saturated heterocycles. The Balaban J connectivity index is 0.000000210. The van der Waals surface area contributed by atoms with Crippen LogP contribution in [0.5, 0.6) is 0 Å². The number of fused-ring (bicyclic) bond motifs is 2. The third kappa shape index (κ3) is 13.3. The predicted octanol–water partition coefficient (Wildman–Crippen LogP) is 11.8. The molecule has 15 heteroatoms. The van der Waals surface area contributed by atoms with E-state index < -0.39 is 0 Å². The third-order valence-corrected chi connectivity index (χ3v) is 20.6. The summed E-state index contributed by atoms with van der Waals surface area (Å²) in [6, 6.07) is 21.4. The first kappa shape index (κ1) is 58.2. The van der Waals surface area contributed by atoms with Crippen LogP contribution in [0.25, 0.3) is 10.4 Å². The van der Waals surface area contributed by atoms with Crippen LogP contribution in [-0.2, 0) is 19.7 Å². The van der Waals surface area contributed by atoms with Crippen molar-refractivity contribution >= 4 is 58.6 Å². The van der Waals surface area contributed by atoms with Gasteiger partial charge in [-0.05, 0) is 168 Å². The fourth-order valence-corrected chi connectivity index (χ4v) is 15.8. The number of allylic oxidation sites excluding steroid dienone is 1. The summed E-state index contributed by atoms with van der Waals surface area (Å²) in [5, 5.41) is 7.22. The Morgan fingerprint density at radius 2 is 1.62 bits per heavy atom. The second-order valence-corrected chi connectivity index (χ2v) is 25.5. The fourth-order valence-electron chi connectivity index (χ4n) is 14.7. The summed E-state index contributed by atoms with van der Waals surface area (Å²) in [6.45, 7) is 10.6. The van der Waals surface area contributed by atoms with Gasteiger partial charge in [-0.25, -0.2) is 4.98 Å². The van der Waals surface area contributed by atoms with Gasteiger partial charge in [-0.1, -0.05) is 92.6 Å². The van der Waals surface area contributed by atoms with Crippen LogP contribution in [-0.4, -0.2) is 129 Å². The van der Waals surface area contributed by atoms with E-state index in [0.29, 0.717) is 34.3 Å². The fraction of sp³-hybridized carbons (Fsp3) is 0.585. The van der Waals surface area contributed by atoms with Crippen molar-refractivity contribution in [1.82, 2.24) is 30.3 Å². The Morgan fingerprint density at radius 3 is 2.31 bits per heavy atom. The number of aliphatic imine (C=N–C) groups is 1. The zero-order chi connectivity index (χ0) is 55.6. The summed E-state index contributed by atoms with van der Waals surface area (Å²) in [6.07, 6.45) is 24.8. The lowest BCUT2D eigenvalue weighted by Crippen LogP contribution is -2.47.